The molecule has 4 heterocycles. The predicted molar refractivity (Wildman–Crippen MR) is 188 cm³/mol. The fourth-order valence-corrected chi connectivity index (χ4v) is 6.79. The lowest BCUT2D eigenvalue weighted by Crippen LogP contribution is -2.33. The van der Waals surface area contributed by atoms with Crippen LogP contribution in [0.3, 0.4) is 0 Å². The van der Waals surface area contributed by atoms with Crippen LogP contribution in [0.1, 0.15) is 68.1 Å². The van der Waals surface area contributed by atoms with Gasteiger partial charge in [0.05, 0.1) is 33.6 Å². The van der Waals surface area contributed by atoms with E-state index in [2.05, 4.69) is 16.0 Å². The zero-order valence-corrected chi connectivity index (χ0v) is 29.0. The van der Waals surface area contributed by atoms with Gasteiger partial charge in [-0.1, -0.05) is 29.3 Å². The first-order chi connectivity index (χ1) is 24.7. The number of ether oxygens (including phenoxy) is 4. The molecule has 3 aliphatic rings. The molecule has 2 bridgehead atoms. The second-order valence-corrected chi connectivity index (χ2v) is 13.3. The Morgan fingerprint density at radius 2 is 1.51 bits per heavy atom. The van der Waals surface area contributed by atoms with Gasteiger partial charge in [0.2, 0.25) is 0 Å². The summed E-state index contributed by atoms with van der Waals surface area (Å²) >= 11 is 12.6. The van der Waals surface area contributed by atoms with Gasteiger partial charge in [0.1, 0.15) is 28.7 Å². The minimum absolute atomic E-state index is 0.0146. The van der Waals surface area contributed by atoms with Gasteiger partial charge in [0.25, 0.3) is 5.91 Å². The van der Waals surface area contributed by atoms with Crippen LogP contribution in [0, 0.1) is 0 Å². The molecule has 266 valence electrons. The monoisotopic (exact) mass is 734 g/mol. The van der Waals surface area contributed by atoms with Crippen molar-refractivity contribution in [1.29, 1.82) is 0 Å². The van der Waals surface area contributed by atoms with Gasteiger partial charge in [-0.25, -0.2) is 4.79 Å². The summed E-state index contributed by atoms with van der Waals surface area (Å²) in [4.78, 5) is 31.5. The van der Waals surface area contributed by atoms with E-state index in [9.17, 15) is 19.8 Å². The van der Waals surface area contributed by atoms with E-state index in [-0.39, 0.29) is 50.1 Å². The third-order valence-corrected chi connectivity index (χ3v) is 9.49. The molecule has 7 rings (SSSR count). The van der Waals surface area contributed by atoms with Crippen molar-refractivity contribution in [2.45, 2.75) is 38.0 Å². The fraction of sp³-hybridized carbons (Fsp3) is 0.324. The van der Waals surface area contributed by atoms with Crippen LogP contribution in [0.15, 0.2) is 54.6 Å². The van der Waals surface area contributed by atoms with Crippen molar-refractivity contribution >= 4 is 35.1 Å². The Morgan fingerprint density at radius 3 is 2.14 bits per heavy atom. The molecule has 0 saturated heterocycles. The van der Waals surface area contributed by atoms with E-state index < -0.39 is 11.6 Å². The topological polar surface area (TPSA) is 160 Å². The molecule has 0 saturated carbocycles. The highest BCUT2D eigenvalue weighted by Gasteiger charge is 2.54. The zero-order chi connectivity index (χ0) is 35.5. The number of pyridine rings is 1. The van der Waals surface area contributed by atoms with E-state index in [4.69, 9.17) is 47.1 Å². The maximum absolute atomic E-state index is 13.5. The first-order valence-electron chi connectivity index (χ1n) is 16.7. The Bertz CT molecular complexity index is 1900. The van der Waals surface area contributed by atoms with Crippen molar-refractivity contribution in [3.63, 3.8) is 0 Å². The predicted octanol–water partition coefficient (Wildman–Crippen LogP) is 5.56. The van der Waals surface area contributed by atoms with Crippen LogP contribution >= 0.6 is 23.2 Å². The SMILES string of the molecule is O=C(NCCCOc1cc2nc(c1)CNCCCOCCCNC2)c1ccc2c(c1)C(=O)OC21c2cc(Cl)c(O)cc2Oc2cc(O)c(Cl)cc21. The number of carbonyl (C=O) groups is 2. The van der Waals surface area contributed by atoms with Crippen LogP contribution in [0.4, 0.5) is 0 Å². The Hall–Kier alpha value is -4.59. The van der Waals surface area contributed by atoms with Crippen molar-refractivity contribution in [1.82, 2.24) is 20.9 Å². The lowest BCUT2D eigenvalue weighted by molar-refractivity contribution is 0.0224. The van der Waals surface area contributed by atoms with E-state index in [1.54, 1.807) is 12.1 Å². The van der Waals surface area contributed by atoms with Crippen molar-refractivity contribution in [2.24, 2.45) is 0 Å². The summed E-state index contributed by atoms with van der Waals surface area (Å²) in [6, 6.07) is 14.1. The number of nitrogens with zero attached hydrogens (tertiary/aromatic N) is 1. The lowest BCUT2D eigenvalue weighted by atomic mass is 9.77. The Balaban J connectivity index is 1.03. The molecule has 1 aromatic heterocycles. The molecule has 3 aromatic carbocycles. The molecule has 0 unspecified atom stereocenters. The molecular weight excluding hydrogens is 699 g/mol. The minimum Gasteiger partial charge on any atom is -0.506 e. The first kappa shape index (κ1) is 34.8. The Kier molecular flexibility index (Phi) is 10.2. The van der Waals surface area contributed by atoms with Crippen molar-refractivity contribution < 1.29 is 38.7 Å². The van der Waals surface area contributed by atoms with E-state index >= 15 is 0 Å². The summed E-state index contributed by atoms with van der Waals surface area (Å²) in [6.45, 7) is 5.09. The molecule has 0 radical (unpaired) electrons. The third-order valence-electron chi connectivity index (χ3n) is 8.88. The summed E-state index contributed by atoms with van der Waals surface area (Å²) in [7, 11) is 0. The highest BCUT2D eigenvalue weighted by molar-refractivity contribution is 6.32. The van der Waals surface area contributed by atoms with Crippen molar-refractivity contribution in [2.75, 3.05) is 39.5 Å². The zero-order valence-electron chi connectivity index (χ0n) is 27.5. The number of nitrogens with one attached hydrogen (secondary N) is 3. The number of benzene rings is 3. The quantitative estimate of drug-likeness (QED) is 0.125. The maximum atomic E-state index is 13.5. The summed E-state index contributed by atoms with van der Waals surface area (Å²) in [5.41, 5.74) is 1.75. The average Bonchev–Trinajstić information content (AvgIpc) is 3.40. The number of hydrogen-bond donors (Lipinski definition) is 5. The lowest BCUT2D eigenvalue weighted by Gasteiger charge is -2.36. The van der Waals surface area contributed by atoms with Gasteiger partial charge >= 0.3 is 5.97 Å². The standard InChI is InChI=1S/C37H36Cl2N4O8/c38-29-15-27-33(17-31(29)44)50-34-18-32(45)30(39)16-28(34)37(27)26-5-4-21(12-25(26)36(47)51-37)35(46)42-8-3-11-49-24-13-22-19-40-6-1-9-48-10-2-7-41-20-23(14-24)43-22/h4-5,12-18,40-41,44-45H,1-3,6-11,19-20H2,(H,42,46). The third kappa shape index (κ3) is 7.15. The number of rotatable bonds is 6. The molecular formula is C37H36Cl2N4O8. The molecule has 12 nitrogen and oxygen atoms in total. The number of hydrogen-bond acceptors (Lipinski definition) is 11. The molecule has 0 fully saturated rings. The van der Waals surface area contributed by atoms with Gasteiger partial charge in [0.15, 0.2) is 5.60 Å². The number of amides is 1. The molecule has 3 aliphatic heterocycles. The molecule has 4 aromatic rings. The maximum Gasteiger partial charge on any atom is 0.340 e. The molecule has 14 heteroatoms. The fourth-order valence-electron chi connectivity index (χ4n) is 6.46. The molecule has 5 N–H and O–H groups in total. The number of halogens is 2. The van der Waals surface area contributed by atoms with Gasteiger partial charge in [-0.2, -0.15) is 0 Å². The van der Waals surface area contributed by atoms with E-state index in [0.717, 1.165) is 56.3 Å². The van der Waals surface area contributed by atoms with Crippen LogP contribution in [-0.4, -0.2) is 66.5 Å². The van der Waals surface area contributed by atoms with Gasteiger partial charge in [0, 0.05) is 79.4 Å². The van der Waals surface area contributed by atoms with Gasteiger partial charge in [-0.15, -0.1) is 0 Å². The highest BCUT2D eigenvalue weighted by Crippen LogP contribution is 2.58. The highest BCUT2D eigenvalue weighted by atomic mass is 35.5. The molecule has 51 heavy (non-hydrogen) atoms. The Labute approximate surface area is 304 Å². The van der Waals surface area contributed by atoms with Crippen molar-refractivity contribution in [3.8, 4) is 28.7 Å². The number of carbonyl (C=O) groups excluding carboxylic acids is 2. The van der Waals surface area contributed by atoms with Crippen molar-refractivity contribution in [3.05, 3.63) is 104 Å². The number of fused-ring (bicyclic) bond motifs is 8. The van der Waals surface area contributed by atoms with E-state index in [0.29, 0.717) is 49.4 Å². The molecule has 1 amide bonds. The second kappa shape index (κ2) is 14.9. The van der Waals surface area contributed by atoms with Crippen LogP contribution in [0.25, 0.3) is 0 Å². The van der Waals surface area contributed by atoms with Crippen LogP contribution < -0.4 is 25.4 Å². The summed E-state index contributed by atoms with van der Waals surface area (Å²) in [6.07, 6.45) is 2.40. The van der Waals surface area contributed by atoms with Crippen LogP contribution in [0.5, 0.6) is 28.7 Å². The van der Waals surface area contributed by atoms with Crippen LogP contribution in [-0.2, 0) is 28.2 Å². The number of phenolic OH excluding ortho intramolecular Hbond substituents is 2. The van der Waals surface area contributed by atoms with Gasteiger partial charge in [-0.05, 0) is 56.6 Å². The summed E-state index contributed by atoms with van der Waals surface area (Å²) in [5, 5.41) is 30.4. The molecule has 0 aliphatic carbocycles. The number of esters is 1. The van der Waals surface area contributed by atoms with Gasteiger partial charge in [-0.3, -0.25) is 9.78 Å². The normalized spacial score (nSPS) is 16.5. The van der Waals surface area contributed by atoms with E-state index in [1.807, 2.05) is 12.1 Å². The largest absolute Gasteiger partial charge is 0.506 e. The average molecular weight is 736 g/mol. The number of phenols is 2. The number of aromatic nitrogens is 1. The molecule has 1 spiro atoms. The minimum atomic E-state index is -1.57. The van der Waals surface area contributed by atoms with Crippen LogP contribution in [0.2, 0.25) is 10.0 Å². The first-order valence-corrected chi connectivity index (χ1v) is 17.5. The summed E-state index contributed by atoms with van der Waals surface area (Å²) in [5.74, 6) is -0.469. The Morgan fingerprint density at radius 1 is 0.882 bits per heavy atom. The second-order valence-electron chi connectivity index (χ2n) is 12.4. The number of aromatic hydroxyl groups is 2. The van der Waals surface area contributed by atoms with Gasteiger partial charge < -0.3 is 45.1 Å². The molecule has 0 atom stereocenters. The van der Waals surface area contributed by atoms with E-state index in [1.165, 1.54) is 30.3 Å². The smallest absolute Gasteiger partial charge is 0.340 e. The summed E-state index contributed by atoms with van der Waals surface area (Å²) < 4.78 is 23.8.